The summed E-state index contributed by atoms with van der Waals surface area (Å²) in [7, 11) is 0. The van der Waals surface area contributed by atoms with Crippen LogP contribution in [-0.4, -0.2) is 41.3 Å². The second-order valence-electron chi connectivity index (χ2n) is 5.87. The smallest absolute Gasteiger partial charge is 0.256 e. The molecule has 0 aromatic carbocycles. The SMILES string of the molecule is CCNC(=O)C1CCCN(C(=O)c2c[nH]cc2-c2ccc(Cl)s2)C1. The third-order valence-electron chi connectivity index (χ3n) is 4.24. The summed E-state index contributed by atoms with van der Waals surface area (Å²) in [6, 6.07) is 3.75. The number of nitrogens with one attached hydrogen (secondary N) is 2. The van der Waals surface area contributed by atoms with E-state index in [-0.39, 0.29) is 17.7 Å². The second kappa shape index (κ2) is 7.40. The lowest BCUT2D eigenvalue weighted by Crippen LogP contribution is -2.45. The van der Waals surface area contributed by atoms with E-state index in [0.29, 0.717) is 29.5 Å². The van der Waals surface area contributed by atoms with Gasteiger partial charge in [0, 0.05) is 42.5 Å². The Morgan fingerprint density at radius 2 is 2.25 bits per heavy atom. The average molecular weight is 366 g/mol. The van der Waals surface area contributed by atoms with Crippen molar-refractivity contribution in [2.75, 3.05) is 19.6 Å². The van der Waals surface area contributed by atoms with Crippen molar-refractivity contribution in [3.8, 4) is 10.4 Å². The molecule has 0 spiro atoms. The molecule has 2 aromatic heterocycles. The highest BCUT2D eigenvalue weighted by Gasteiger charge is 2.30. The van der Waals surface area contributed by atoms with Crippen molar-refractivity contribution in [3.05, 3.63) is 34.4 Å². The number of piperidine rings is 1. The van der Waals surface area contributed by atoms with Gasteiger partial charge in [0.15, 0.2) is 0 Å². The number of likely N-dealkylation sites (tertiary alicyclic amines) is 1. The van der Waals surface area contributed by atoms with E-state index >= 15 is 0 Å². The van der Waals surface area contributed by atoms with Crippen molar-refractivity contribution in [1.82, 2.24) is 15.2 Å². The van der Waals surface area contributed by atoms with Crippen LogP contribution in [0.25, 0.3) is 10.4 Å². The number of hydrogen-bond donors (Lipinski definition) is 2. The summed E-state index contributed by atoms with van der Waals surface area (Å²) in [5.41, 5.74) is 1.49. The van der Waals surface area contributed by atoms with Gasteiger partial charge in [-0.05, 0) is 31.9 Å². The third-order valence-corrected chi connectivity index (χ3v) is 5.51. The molecule has 1 aliphatic rings. The van der Waals surface area contributed by atoms with Gasteiger partial charge in [-0.1, -0.05) is 11.6 Å². The summed E-state index contributed by atoms with van der Waals surface area (Å²) in [5.74, 6) is -0.125. The zero-order chi connectivity index (χ0) is 17.1. The van der Waals surface area contributed by atoms with Crippen molar-refractivity contribution in [3.63, 3.8) is 0 Å². The van der Waals surface area contributed by atoms with E-state index in [0.717, 1.165) is 23.3 Å². The zero-order valence-electron chi connectivity index (χ0n) is 13.5. The van der Waals surface area contributed by atoms with Crippen molar-refractivity contribution in [2.45, 2.75) is 19.8 Å². The Morgan fingerprint density at radius 1 is 1.42 bits per heavy atom. The average Bonchev–Trinajstić information content (AvgIpc) is 3.23. The minimum absolute atomic E-state index is 0.0364. The van der Waals surface area contributed by atoms with E-state index in [2.05, 4.69) is 10.3 Å². The van der Waals surface area contributed by atoms with E-state index < -0.39 is 0 Å². The molecule has 0 radical (unpaired) electrons. The maximum Gasteiger partial charge on any atom is 0.256 e. The molecule has 1 unspecified atom stereocenters. The number of hydrogen-bond acceptors (Lipinski definition) is 3. The predicted octanol–water partition coefficient (Wildman–Crippen LogP) is 3.38. The molecule has 24 heavy (non-hydrogen) atoms. The Labute approximate surface area is 150 Å². The summed E-state index contributed by atoms with van der Waals surface area (Å²) < 4.78 is 0.693. The van der Waals surface area contributed by atoms with Crippen LogP contribution >= 0.6 is 22.9 Å². The molecule has 0 bridgehead atoms. The molecule has 0 aliphatic carbocycles. The highest BCUT2D eigenvalue weighted by Crippen LogP contribution is 2.34. The molecule has 0 saturated carbocycles. The van der Waals surface area contributed by atoms with Crippen molar-refractivity contribution in [2.24, 2.45) is 5.92 Å². The standard InChI is InChI=1S/C17H20ClN3O2S/c1-2-20-16(22)11-4-3-7-21(10-11)17(23)13-9-19-8-12(13)14-5-6-15(18)24-14/h5-6,8-9,11,19H,2-4,7,10H2,1H3,(H,20,22). The Kier molecular flexibility index (Phi) is 5.26. The number of halogens is 1. The first kappa shape index (κ1) is 17.0. The summed E-state index contributed by atoms with van der Waals surface area (Å²) in [5, 5.41) is 2.85. The number of H-pyrrole nitrogens is 1. The van der Waals surface area contributed by atoms with Crippen molar-refractivity contribution >= 4 is 34.8 Å². The van der Waals surface area contributed by atoms with Gasteiger partial charge in [0.2, 0.25) is 5.91 Å². The Hall–Kier alpha value is -1.79. The van der Waals surface area contributed by atoms with Crippen LogP contribution in [0.4, 0.5) is 0 Å². The number of carbonyl (C=O) groups excluding carboxylic acids is 2. The zero-order valence-corrected chi connectivity index (χ0v) is 15.0. The van der Waals surface area contributed by atoms with E-state index in [1.807, 2.05) is 25.3 Å². The monoisotopic (exact) mass is 365 g/mol. The quantitative estimate of drug-likeness (QED) is 0.872. The van der Waals surface area contributed by atoms with Crippen LogP contribution in [0.1, 0.15) is 30.1 Å². The first-order chi connectivity index (χ1) is 11.6. The Bertz CT molecular complexity index is 740. The first-order valence-electron chi connectivity index (χ1n) is 8.09. The van der Waals surface area contributed by atoms with Crippen LogP contribution in [0.15, 0.2) is 24.5 Å². The number of aromatic amines is 1. The lowest BCUT2D eigenvalue weighted by Gasteiger charge is -2.32. The number of carbonyl (C=O) groups is 2. The van der Waals surface area contributed by atoms with Gasteiger partial charge in [-0.3, -0.25) is 9.59 Å². The van der Waals surface area contributed by atoms with Gasteiger partial charge in [-0.25, -0.2) is 0 Å². The molecule has 3 rings (SSSR count). The molecule has 2 amide bonds. The van der Waals surface area contributed by atoms with Gasteiger partial charge in [0.1, 0.15) is 0 Å². The highest BCUT2D eigenvalue weighted by atomic mass is 35.5. The van der Waals surface area contributed by atoms with Gasteiger partial charge >= 0.3 is 0 Å². The number of thiophene rings is 1. The van der Waals surface area contributed by atoms with Crippen LogP contribution in [-0.2, 0) is 4.79 Å². The molecule has 7 heteroatoms. The molecular formula is C17H20ClN3O2S. The fourth-order valence-electron chi connectivity index (χ4n) is 3.07. The molecule has 1 aliphatic heterocycles. The lowest BCUT2D eigenvalue weighted by atomic mass is 9.96. The molecule has 5 nitrogen and oxygen atoms in total. The molecule has 3 heterocycles. The summed E-state index contributed by atoms with van der Waals surface area (Å²) in [6.45, 7) is 3.68. The fraction of sp³-hybridized carbons (Fsp3) is 0.412. The van der Waals surface area contributed by atoms with E-state index in [9.17, 15) is 9.59 Å². The second-order valence-corrected chi connectivity index (χ2v) is 7.59. The van der Waals surface area contributed by atoms with E-state index in [4.69, 9.17) is 11.6 Å². The molecule has 1 saturated heterocycles. The Balaban J connectivity index is 1.77. The summed E-state index contributed by atoms with van der Waals surface area (Å²) in [4.78, 5) is 30.8. The molecule has 2 N–H and O–H groups in total. The number of nitrogens with zero attached hydrogens (tertiary/aromatic N) is 1. The molecule has 1 atom stereocenters. The first-order valence-corrected chi connectivity index (χ1v) is 9.29. The van der Waals surface area contributed by atoms with Gasteiger partial charge in [-0.15, -0.1) is 11.3 Å². The maximum atomic E-state index is 12.9. The van der Waals surface area contributed by atoms with Gasteiger partial charge in [0.25, 0.3) is 5.91 Å². The molecule has 2 aromatic rings. The topological polar surface area (TPSA) is 65.2 Å². The third kappa shape index (κ3) is 3.49. The Morgan fingerprint density at radius 3 is 2.96 bits per heavy atom. The number of amides is 2. The van der Waals surface area contributed by atoms with Crippen molar-refractivity contribution in [1.29, 1.82) is 0 Å². The molecular weight excluding hydrogens is 346 g/mol. The van der Waals surface area contributed by atoms with Gasteiger partial charge in [0.05, 0.1) is 15.8 Å². The van der Waals surface area contributed by atoms with Gasteiger partial charge in [-0.2, -0.15) is 0 Å². The van der Waals surface area contributed by atoms with E-state index in [1.54, 1.807) is 11.1 Å². The van der Waals surface area contributed by atoms with Crippen LogP contribution in [0.3, 0.4) is 0 Å². The lowest BCUT2D eigenvalue weighted by molar-refractivity contribution is -0.126. The van der Waals surface area contributed by atoms with Crippen molar-refractivity contribution < 1.29 is 9.59 Å². The number of rotatable bonds is 4. The van der Waals surface area contributed by atoms with Crippen LogP contribution in [0.2, 0.25) is 4.34 Å². The van der Waals surface area contributed by atoms with Crippen LogP contribution in [0, 0.1) is 5.92 Å². The largest absolute Gasteiger partial charge is 0.366 e. The summed E-state index contributed by atoms with van der Waals surface area (Å²) in [6.07, 6.45) is 5.22. The molecule has 128 valence electrons. The summed E-state index contributed by atoms with van der Waals surface area (Å²) >= 11 is 7.46. The van der Waals surface area contributed by atoms with Crippen LogP contribution < -0.4 is 5.32 Å². The van der Waals surface area contributed by atoms with E-state index in [1.165, 1.54) is 11.3 Å². The molecule has 1 fully saturated rings. The number of aromatic nitrogens is 1. The van der Waals surface area contributed by atoms with Gasteiger partial charge < -0.3 is 15.2 Å². The maximum absolute atomic E-state index is 12.9. The normalized spacial score (nSPS) is 17.8. The minimum atomic E-state index is -0.124. The minimum Gasteiger partial charge on any atom is -0.366 e. The fourth-order valence-corrected chi connectivity index (χ4v) is 4.14. The predicted molar refractivity (Wildman–Crippen MR) is 96.4 cm³/mol. The van der Waals surface area contributed by atoms with Crippen LogP contribution in [0.5, 0.6) is 0 Å². The highest BCUT2D eigenvalue weighted by molar-refractivity contribution is 7.19.